The van der Waals surface area contributed by atoms with Gasteiger partial charge in [-0.05, 0) is 71.3 Å². The monoisotopic (exact) mass is 647 g/mol. The van der Waals surface area contributed by atoms with Gasteiger partial charge in [-0.3, -0.25) is 0 Å². The molecule has 0 aliphatic carbocycles. The molecule has 0 atom stereocenters. The molecular formula is C32H19N6O10-5. The van der Waals surface area contributed by atoms with Crippen molar-refractivity contribution in [2.75, 3.05) is 16.0 Å². The van der Waals surface area contributed by atoms with Gasteiger partial charge in [-0.2, -0.15) is 15.0 Å². The Kier molecular flexibility index (Phi) is 10.5. The Labute approximate surface area is 270 Å². The summed E-state index contributed by atoms with van der Waals surface area (Å²) in [5.41, 5.74) is 0.308. The smallest absolute Gasteiger partial charge is 0.233 e. The number of hydrogen-bond acceptors (Lipinski definition) is 16. The number of nitrogens with zero attached hydrogens (tertiary/aromatic N) is 3. The topological polar surface area (TPSA) is 275 Å². The van der Waals surface area contributed by atoms with Crippen LogP contribution in [0, 0.1) is 0 Å². The van der Waals surface area contributed by atoms with Crippen LogP contribution in [-0.4, -0.2) is 44.8 Å². The number of aliphatic carboxylic acids is 5. The average molecular weight is 648 g/mol. The lowest BCUT2D eigenvalue weighted by molar-refractivity contribution is -0.314. The molecule has 1 aromatic heterocycles. The Bertz CT molecular complexity index is 1830. The van der Waals surface area contributed by atoms with Gasteiger partial charge in [0.1, 0.15) is 0 Å². The molecule has 0 bridgehead atoms. The second-order valence-corrected chi connectivity index (χ2v) is 9.47. The summed E-state index contributed by atoms with van der Waals surface area (Å²) in [5.74, 6) is -8.89. The van der Waals surface area contributed by atoms with Crippen molar-refractivity contribution in [3.8, 4) is 0 Å². The summed E-state index contributed by atoms with van der Waals surface area (Å²) in [5, 5.41) is 63.7. The van der Waals surface area contributed by atoms with Crippen LogP contribution in [0.5, 0.6) is 0 Å². The van der Waals surface area contributed by atoms with Crippen molar-refractivity contribution < 1.29 is 49.5 Å². The highest BCUT2D eigenvalue weighted by atomic mass is 16.4. The maximum absolute atomic E-state index is 11.0. The number of anilines is 6. The van der Waals surface area contributed by atoms with E-state index < -0.39 is 41.0 Å². The van der Waals surface area contributed by atoms with Gasteiger partial charge < -0.3 is 65.5 Å². The van der Waals surface area contributed by atoms with Gasteiger partial charge in [-0.15, -0.1) is 0 Å². The number of hydrogen-bond donors (Lipinski definition) is 3. The first-order chi connectivity index (χ1) is 22.9. The minimum atomic E-state index is -1.91. The highest BCUT2D eigenvalue weighted by Gasteiger charge is 2.10. The zero-order valence-electron chi connectivity index (χ0n) is 24.2. The number of carbonyl (C=O) groups excluding carboxylic acids is 5. The number of carboxylic acids is 5. The summed E-state index contributed by atoms with van der Waals surface area (Å²) >= 11 is 0. The van der Waals surface area contributed by atoms with Crippen LogP contribution in [-0.2, 0) is 24.0 Å². The number of carboxylic acid groups (broad SMARTS) is 5. The molecule has 0 saturated heterocycles. The minimum Gasteiger partial charge on any atom is -0.545 e. The van der Waals surface area contributed by atoms with E-state index in [0.717, 1.165) is 18.2 Å². The van der Waals surface area contributed by atoms with Crippen LogP contribution in [0.15, 0.2) is 90.0 Å². The summed E-state index contributed by atoms with van der Waals surface area (Å²) in [6, 6.07) is 18.2. The number of aromatic nitrogens is 3. The zero-order valence-corrected chi connectivity index (χ0v) is 24.2. The summed E-state index contributed by atoms with van der Waals surface area (Å²) in [6.07, 6.45) is 3.98. The van der Waals surface area contributed by atoms with E-state index in [9.17, 15) is 49.5 Å². The Hall–Kier alpha value is -7.36. The SMILES string of the molecule is O=C([O-])/C=C/c1ccc(Nc2nc(Nc3ccc(C=C(C(=O)[O-])C(=O)[O-])cc3)nc(Nc3ccc(C=C(C(=O)[O-])C(=O)[O-])cc3)n2)cc1. The Morgan fingerprint density at radius 1 is 0.458 bits per heavy atom. The van der Waals surface area contributed by atoms with Crippen LogP contribution in [0.1, 0.15) is 16.7 Å². The highest BCUT2D eigenvalue weighted by Crippen LogP contribution is 2.23. The first-order valence-corrected chi connectivity index (χ1v) is 13.4. The van der Waals surface area contributed by atoms with Crippen molar-refractivity contribution in [3.05, 3.63) is 107 Å². The molecule has 16 heteroatoms. The summed E-state index contributed by atoms with van der Waals surface area (Å²) in [4.78, 5) is 67.8. The van der Waals surface area contributed by atoms with Gasteiger partial charge in [-0.25, -0.2) is 0 Å². The molecule has 0 fully saturated rings. The lowest BCUT2D eigenvalue weighted by Gasteiger charge is -2.13. The number of benzene rings is 3. The van der Waals surface area contributed by atoms with Crippen molar-refractivity contribution in [2.24, 2.45) is 0 Å². The molecular weight excluding hydrogens is 628 g/mol. The fourth-order valence-electron chi connectivity index (χ4n) is 3.83. The van der Waals surface area contributed by atoms with Gasteiger partial charge in [0.25, 0.3) is 0 Å². The molecule has 48 heavy (non-hydrogen) atoms. The van der Waals surface area contributed by atoms with Crippen molar-refractivity contribution in [2.45, 2.75) is 0 Å². The summed E-state index contributed by atoms with van der Waals surface area (Å²) < 4.78 is 0. The van der Waals surface area contributed by atoms with E-state index in [2.05, 4.69) is 30.9 Å². The second kappa shape index (κ2) is 15.1. The van der Waals surface area contributed by atoms with Gasteiger partial charge >= 0.3 is 0 Å². The normalized spacial score (nSPS) is 10.4. The zero-order chi connectivity index (χ0) is 34.8. The third-order valence-corrected chi connectivity index (χ3v) is 6.05. The standard InChI is InChI=1S/C32H24N6O10/c39-25(40)14-7-17-1-8-20(9-2-17)33-30-36-31(34-21-10-3-18(4-11-21)15-23(26(41)42)27(43)44)38-32(37-30)35-22-12-5-19(6-13-22)16-24(28(45)46)29(47)48/h1-16H,(H,39,40)(H,41,42)(H,43,44)(H,45,46)(H,47,48)(H3,33,34,35,36,37,38)/p-5/b14-7+. The first kappa shape index (κ1) is 33.5. The minimum absolute atomic E-state index is 0.0177. The molecule has 4 aromatic rings. The predicted octanol–water partition coefficient (Wildman–Crippen LogP) is -2.37. The fraction of sp³-hybridized carbons (Fsp3) is 0. The van der Waals surface area contributed by atoms with Crippen LogP contribution in [0.25, 0.3) is 18.2 Å². The molecule has 0 spiro atoms. The number of carbonyl (C=O) groups is 5. The maximum atomic E-state index is 11.0. The van der Waals surface area contributed by atoms with Crippen LogP contribution >= 0.6 is 0 Å². The Morgan fingerprint density at radius 3 is 1.02 bits per heavy atom. The molecule has 16 nitrogen and oxygen atoms in total. The Balaban J connectivity index is 1.62. The lowest BCUT2D eigenvalue weighted by Crippen LogP contribution is -2.36. The van der Waals surface area contributed by atoms with E-state index in [1.807, 2.05) is 0 Å². The maximum Gasteiger partial charge on any atom is 0.233 e. The predicted molar refractivity (Wildman–Crippen MR) is 159 cm³/mol. The molecule has 3 aromatic carbocycles. The number of rotatable bonds is 14. The third kappa shape index (κ3) is 9.57. The fourth-order valence-corrected chi connectivity index (χ4v) is 3.83. The largest absolute Gasteiger partial charge is 0.545 e. The van der Waals surface area contributed by atoms with E-state index in [1.165, 1.54) is 54.6 Å². The van der Waals surface area contributed by atoms with Crippen molar-refractivity contribution in [1.82, 2.24) is 15.0 Å². The Morgan fingerprint density at radius 2 is 0.750 bits per heavy atom. The molecule has 0 amide bonds. The van der Waals surface area contributed by atoms with E-state index in [-0.39, 0.29) is 29.0 Å². The van der Waals surface area contributed by atoms with Crippen molar-refractivity contribution >= 4 is 83.0 Å². The first-order valence-electron chi connectivity index (χ1n) is 13.4. The molecule has 1 heterocycles. The van der Waals surface area contributed by atoms with Gasteiger partial charge in [0.05, 0.1) is 29.8 Å². The molecule has 4 rings (SSSR count). The quantitative estimate of drug-likeness (QED) is 0.0732. The molecule has 0 radical (unpaired) electrons. The molecule has 0 aliphatic heterocycles. The van der Waals surface area contributed by atoms with Crippen LogP contribution in [0.2, 0.25) is 0 Å². The van der Waals surface area contributed by atoms with Crippen molar-refractivity contribution in [3.63, 3.8) is 0 Å². The van der Waals surface area contributed by atoms with Gasteiger partial charge in [0, 0.05) is 28.2 Å². The molecule has 242 valence electrons. The van der Waals surface area contributed by atoms with Gasteiger partial charge in [0.2, 0.25) is 17.8 Å². The number of nitrogens with one attached hydrogen (secondary N) is 3. The van der Waals surface area contributed by atoms with Crippen LogP contribution in [0.4, 0.5) is 34.9 Å². The average Bonchev–Trinajstić information content (AvgIpc) is 3.03. The van der Waals surface area contributed by atoms with Crippen LogP contribution in [0.3, 0.4) is 0 Å². The van der Waals surface area contributed by atoms with E-state index in [4.69, 9.17) is 0 Å². The molecule has 0 aliphatic rings. The van der Waals surface area contributed by atoms with Crippen LogP contribution < -0.4 is 41.5 Å². The van der Waals surface area contributed by atoms with E-state index in [0.29, 0.717) is 22.6 Å². The van der Waals surface area contributed by atoms with E-state index >= 15 is 0 Å². The van der Waals surface area contributed by atoms with Gasteiger partial charge in [-0.1, -0.05) is 42.5 Å². The molecule has 0 saturated carbocycles. The van der Waals surface area contributed by atoms with Gasteiger partial charge in [0.15, 0.2) is 0 Å². The highest BCUT2D eigenvalue weighted by molar-refractivity contribution is 6.15. The molecule has 0 unspecified atom stereocenters. The molecule has 3 N–H and O–H groups in total. The van der Waals surface area contributed by atoms with Crippen molar-refractivity contribution in [1.29, 1.82) is 0 Å². The summed E-state index contributed by atoms with van der Waals surface area (Å²) in [7, 11) is 0. The third-order valence-electron chi connectivity index (χ3n) is 6.05. The van der Waals surface area contributed by atoms with E-state index in [1.54, 1.807) is 24.3 Å². The summed E-state index contributed by atoms with van der Waals surface area (Å²) in [6.45, 7) is 0. The lowest BCUT2D eigenvalue weighted by atomic mass is 10.1. The second-order valence-electron chi connectivity index (χ2n) is 9.47.